The smallest absolute Gasteiger partial charge is 0.200 e. The van der Waals surface area contributed by atoms with E-state index in [-0.39, 0.29) is 0 Å². The minimum absolute atomic E-state index is 0.522. The number of methoxy groups -OCH3 is 1. The van der Waals surface area contributed by atoms with Crippen LogP contribution in [0.5, 0.6) is 5.75 Å². The van der Waals surface area contributed by atoms with Gasteiger partial charge in [0, 0.05) is 28.7 Å². The monoisotopic (exact) mass is 317 g/mol. The van der Waals surface area contributed by atoms with Gasteiger partial charge in [0.2, 0.25) is 0 Å². The summed E-state index contributed by atoms with van der Waals surface area (Å²) >= 11 is 0. The van der Waals surface area contributed by atoms with E-state index < -0.39 is 0 Å². The highest BCUT2D eigenvalue weighted by molar-refractivity contribution is 5.88. The molecule has 0 saturated heterocycles. The Labute approximate surface area is 138 Å². The van der Waals surface area contributed by atoms with Gasteiger partial charge in [-0.25, -0.2) is 4.98 Å². The highest BCUT2D eigenvalue weighted by Crippen LogP contribution is 2.32. The first-order valence-electron chi connectivity index (χ1n) is 7.62. The van der Waals surface area contributed by atoms with Crippen molar-refractivity contribution in [1.29, 1.82) is 5.26 Å². The van der Waals surface area contributed by atoms with Crippen LogP contribution in [0.2, 0.25) is 0 Å². The molecule has 1 N–H and O–H groups in total. The number of oxazole rings is 1. The molecule has 118 valence electrons. The summed E-state index contributed by atoms with van der Waals surface area (Å²) in [5.41, 5.74) is 5.19. The van der Waals surface area contributed by atoms with Crippen LogP contribution in [0.25, 0.3) is 22.0 Å². The van der Waals surface area contributed by atoms with Crippen LogP contribution in [0.15, 0.2) is 40.9 Å². The number of nitrogens with one attached hydrogen (secondary N) is 1. The molecule has 0 fully saturated rings. The third-order valence-electron chi connectivity index (χ3n) is 4.22. The van der Waals surface area contributed by atoms with Gasteiger partial charge in [-0.3, -0.25) is 0 Å². The second kappa shape index (κ2) is 5.43. The van der Waals surface area contributed by atoms with Crippen LogP contribution in [0, 0.1) is 18.3 Å². The Morgan fingerprint density at radius 3 is 2.96 bits per heavy atom. The van der Waals surface area contributed by atoms with Gasteiger partial charge in [-0.15, -0.1) is 0 Å². The summed E-state index contributed by atoms with van der Waals surface area (Å²) in [6.07, 6.45) is 2.44. The van der Waals surface area contributed by atoms with Crippen LogP contribution in [-0.4, -0.2) is 17.1 Å². The van der Waals surface area contributed by atoms with Gasteiger partial charge in [0.25, 0.3) is 0 Å². The number of ether oxygens (including phenoxy) is 1. The minimum Gasteiger partial charge on any atom is -0.496 e. The van der Waals surface area contributed by atoms with Crippen LogP contribution < -0.4 is 4.74 Å². The van der Waals surface area contributed by atoms with Crippen LogP contribution in [0.4, 0.5) is 0 Å². The predicted molar refractivity (Wildman–Crippen MR) is 91.1 cm³/mol. The minimum atomic E-state index is 0.522. The molecule has 0 amide bonds. The summed E-state index contributed by atoms with van der Waals surface area (Å²) in [5.74, 6) is 1.42. The number of rotatable bonds is 3. The fourth-order valence-electron chi connectivity index (χ4n) is 3.07. The number of aromatic nitrogens is 2. The third-order valence-corrected chi connectivity index (χ3v) is 4.22. The van der Waals surface area contributed by atoms with Crippen molar-refractivity contribution in [3.05, 3.63) is 59.1 Å². The maximum absolute atomic E-state index is 9.00. The van der Waals surface area contributed by atoms with E-state index in [1.807, 2.05) is 25.3 Å². The normalized spacial score (nSPS) is 11.0. The summed E-state index contributed by atoms with van der Waals surface area (Å²) in [6, 6.07) is 11.4. The molecule has 0 aliphatic heterocycles. The molecule has 4 rings (SSSR count). The summed E-state index contributed by atoms with van der Waals surface area (Å²) < 4.78 is 11.4. The molecule has 2 aromatic carbocycles. The van der Waals surface area contributed by atoms with Gasteiger partial charge < -0.3 is 14.1 Å². The molecule has 4 aromatic rings. The zero-order valence-corrected chi connectivity index (χ0v) is 13.4. The molecule has 0 aliphatic carbocycles. The summed E-state index contributed by atoms with van der Waals surface area (Å²) in [5, 5.41) is 10.1. The molecular weight excluding hydrogens is 302 g/mol. The fraction of sp³-hybridized carbons (Fsp3) is 0.158. The van der Waals surface area contributed by atoms with Crippen molar-refractivity contribution in [2.45, 2.75) is 13.3 Å². The number of benzene rings is 2. The van der Waals surface area contributed by atoms with Crippen molar-refractivity contribution in [3.63, 3.8) is 0 Å². The molecule has 0 spiro atoms. The van der Waals surface area contributed by atoms with Crippen molar-refractivity contribution in [2.24, 2.45) is 0 Å². The topological polar surface area (TPSA) is 74.8 Å². The largest absolute Gasteiger partial charge is 0.496 e. The van der Waals surface area contributed by atoms with Gasteiger partial charge in [-0.05, 0) is 36.8 Å². The molecule has 5 heteroatoms. The van der Waals surface area contributed by atoms with Crippen molar-refractivity contribution >= 4 is 22.0 Å². The Balaban J connectivity index is 1.83. The van der Waals surface area contributed by atoms with E-state index in [9.17, 15) is 0 Å². The zero-order chi connectivity index (χ0) is 16.7. The number of fused-ring (bicyclic) bond motifs is 2. The average Bonchev–Trinajstić information content (AvgIpc) is 3.22. The molecule has 0 bridgehead atoms. The lowest BCUT2D eigenvalue weighted by molar-refractivity contribution is 0.409. The molecule has 0 radical (unpaired) electrons. The maximum Gasteiger partial charge on any atom is 0.200 e. The lowest BCUT2D eigenvalue weighted by Crippen LogP contribution is -1.96. The molecular formula is C19H15N3O2. The van der Waals surface area contributed by atoms with E-state index in [1.54, 1.807) is 25.3 Å². The first-order chi connectivity index (χ1) is 11.7. The highest BCUT2D eigenvalue weighted by atomic mass is 16.5. The van der Waals surface area contributed by atoms with Crippen molar-refractivity contribution < 1.29 is 9.15 Å². The first-order valence-corrected chi connectivity index (χ1v) is 7.62. The molecule has 2 heterocycles. The zero-order valence-electron chi connectivity index (χ0n) is 13.4. The lowest BCUT2D eigenvalue weighted by Gasteiger charge is -2.10. The molecule has 0 atom stereocenters. The van der Waals surface area contributed by atoms with Crippen LogP contribution in [0.1, 0.15) is 22.6 Å². The van der Waals surface area contributed by atoms with Crippen molar-refractivity contribution in [3.8, 4) is 11.8 Å². The Bertz CT molecular complexity index is 1100. The predicted octanol–water partition coefficient (Wildman–Crippen LogP) is 4.09. The summed E-state index contributed by atoms with van der Waals surface area (Å²) in [7, 11) is 1.67. The van der Waals surface area contributed by atoms with E-state index in [2.05, 4.69) is 16.0 Å². The second-order valence-electron chi connectivity index (χ2n) is 5.72. The quantitative estimate of drug-likeness (QED) is 0.617. The van der Waals surface area contributed by atoms with Crippen molar-refractivity contribution in [2.75, 3.05) is 7.11 Å². The first kappa shape index (κ1) is 14.3. The van der Waals surface area contributed by atoms with E-state index in [1.165, 1.54) is 0 Å². The van der Waals surface area contributed by atoms with Gasteiger partial charge in [0.05, 0.1) is 25.2 Å². The summed E-state index contributed by atoms with van der Waals surface area (Å²) in [4.78, 5) is 7.79. The molecule has 2 aromatic heterocycles. The van der Waals surface area contributed by atoms with Crippen LogP contribution in [0.3, 0.4) is 0 Å². The molecule has 0 unspecified atom stereocenters. The Morgan fingerprint density at radius 2 is 2.17 bits per heavy atom. The van der Waals surface area contributed by atoms with E-state index >= 15 is 0 Å². The number of H-pyrrole nitrogens is 1. The molecule has 24 heavy (non-hydrogen) atoms. The third kappa shape index (κ3) is 2.20. The second-order valence-corrected chi connectivity index (χ2v) is 5.72. The number of nitriles is 1. The van der Waals surface area contributed by atoms with E-state index in [4.69, 9.17) is 14.4 Å². The molecule has 0 aliphatic rings. The fourth-order valence-corrected chi connectivity index (χ4v) is 3.07. The highest BCUT2D eigenvalue weighted by Gasteiger charge is 2.16. The standard InChI is InChI=1S/C19H15N3O2/c1-11-7-16(23-2)14(13-5-6-21-19(11)13)9-18-22-15-4-3-12(10-20)8-17(15)24-18/h3-8,21H,9H2,1-2H3. The molecule has 5 nitrogen and oxygen atoms in total. The van der Waals surface area contributed by atoms with Gasteiger partial charge >= 0.3 is 0 Å². The Morgan fingerprint density at radius 1 is 1.29 bits per heavy atom. The van der Waals surface area contributed by atoms with E-state index in [0.29, 0.717) is 23.5 Å². The Hall–Kier alpha value is -3.26. The van der Waals surface area contributed by atoms with Gasteiger partial charge in [-0.2, -0.15) is 5.26 Å². The molecule has 0 saturated carbocycles. The van der Waals surface area contributed by atoms with Gasteiger partial charge in [0.1, 0.15) is 11.3 Å². The summed E-state index contributed by atoms with van der Waals surface area (Å²) in [6.45, 7) is 2.05. The number of hydrogen-bond acceptors (Lipinski definition) is 4. The number of hydrogen-bond donors (Lipinski definition) is 1. The van der Waals surface area contributed by atoms with Gasteiger partial charge in [-0.1, -0.05) is 0 Å². The number of aromatic amines is 1. The maximum atomic E-state index is 9.00. The van der Waals surface area contributed by atoms with Crippen LogP contribution in [-0.2, 0) is 6.42 Å². The average molecular weight is 317 g/mol. The van der Waals surface area contributed by atoms with Crippen molar-refractivity contribution in [1.82, 2.24) is 9.97 Å². The Kier molecular flexibility index (Phi) is 3.24. The lowest BCUT2D eigenvalue weighted by atomic mass is 10.0. The number of aryl methyl sites for hydroxylation is 1. The number of nitrogens with zero attached hydrogens (tertiary/aromatic N) is 2. The van der Waals surface area contributed by atoms with Gasteiger partial charge in [0.15, 0.2) is 11.5 Å². The van der Waals surface area contributed by atoms with Crippen LogP contribution >= 0.6 is 0 Å². The van der Waals surface area contributed by atoms with E-state index in [0.717, 1.165) is 33.3 Å². The SMILES string of the molecule is COc1cc(C)c2[nH]ccc2c1Cc1nc2ccc(C#N)cc2o1.